The van der Waals surface area contributed by atoms with Crippen LogP contribution in [0.5, 0.6) is 0 Å². The summed E-state index contributed by atoms with van der Waals surface area (Å²) in [4.78, 5) is 38.4. The van der Waals surface area contributed by atoms with E-state index in [1.54, 1.807) is 12.1 Å². The molecule has 0 fully saturated rings. The summed E-state index contributed by atoms with van der Waals surface area (Å²) in [6.45, 7) is 3.94. The number of carbonyl (C=O) groups excluding carboxylic acids is 3. The third kappa shape index (κ3) is 6.63. The van der Waals surface area contributed by atoms with Crippen molar-refractivity contribution < 1.29 is 14.4 Å². The Morgan fingerprint density at radius 2 is 1.45 bits per heavy atom. The number of fused-ring (bicyclic) bond motifs is 1. The van der Waals surface area contributed by atoms with Gasteiger partial charge in [0.1, 0.15) is 12.1 Å². The predicted molar refractivity (Wildman–Crippen MR) is 129 cm³/mol. The summed E-state index contributed by atoms with van der Waals surface area (Å²) in [5.41, 5.74) is 3.46. The molecule has 0 bridgehead atoms. The summed E-state index contributed by atoms with van der Waals surface area (Å²) in [6.07, 6.45) is 0.704. The highest BCUT2D eigenvalue weighted by Crippen LogP contribution is 2.16. The van der Waals surface area contributed by atoms with Crippen LogP contribution in [0.2, 0.25) is 0 Å². The van der Waals surface area contributed by atoms with E-state index in [-0.39, 0.29) is 18.2 Å². The van der Waals surface area contributed by atoms with Crippen LogP contribution in [0, 0.1) is 5.92 Å². The Morgan fingerprint density at radius 3 is 2.12 bits per heavy atom. The van der Waals surface area contributed by atoms with Crippen molar-refractivity contribution in [2.75, 3.05) is 0 Å². The fourth-order valence-electron chi connectivity index (χ4n) is 3.71. The van der Waals surface area contributed by atoms with E-state index in [1.165, 1.54) is 0 Å². The van der Waals surface area contributed by atoms with Crippen LogP contribution in [0.4, 0.5) is 0 Å². The van der Waals surface area contributed by atoms with Crippen molar-refractivity contribution in [1.82, 2.24) is 16.1 Å². The Hall–Kier alpha value is -3.71. The Kier molecular flexibility index (Phi) is 8.16. The van der Waals surface area contributed by atoms with Gasteiger partial charge in [-0.05, 0) is 40.8 Å². The predicted octanol–water partition coefficient (Wildman–Crippen LogP) is 2.70. The van der Waals surface area contributed by atoms with Gasteiger partial charge in [0.15, 0.2) is 0 Å². The smallest absolute Gasteiger partial charge is 0.256 e. The topological polar surface area (TPSA) is 113 Å². The summed E-state index contributed by atoms with van der Waals surface area (Å²) in [7, 11) is 0. The van der Waals surface area contributed by atoms with E-state index in [2.05, 4.69) is 16.1 Å². The number of carbonyl (C=O) groups is 3. The van der Waals surface area contributed by atoms with E-state index < -0.39 is 23.9 Å². The van der Waals surface area contributed by atoms with Crippen molar-refractivity contribution in [1.29, 1.82) is 0 Å². The maximum atomic E-state index is 13.1. The van der Waals surface area contributed by atoms with Crippen molar-refractivity contribution in [2.45, 2.75) is 38.8 Å². The number of nitrogens with one attached hydrogen (secondary N) is 3. The zero-order valence-electron chi connectivity index (χ0n) is 18.9. The maximum absolute atomic E-state index is 13.1. The first kappa shape index (κ1) is 23.9. The van der Waals surface area contributed by atoms with Gasteiger partial charge in [0.05, 0.1) is 0 Å². The van der Waals surface area contributed by atoms with Gasteiger partial charge in [0, 0.05) is 12.0 Å². The quantitative estimate of drug-likeness (QED) is 0.230. The first-order chi connectivity index (χ1) is 15.9. The minimum absolute atomic E-state index is 0.147. The molecule has 3 aromatic carbocycles. The average Bonchev–Trinajstić information content (AvgIpc) is 2.82. The number of hydrogen-bond donors (Lipinski definition) is 4. The first-order valence-electron chi connectivity index (χ1n) is 11.0. The molecular weight excluding hydrogens is 416 g/mol. The molecule has 33 heavy (non-hydrogen) atoms. The van der Waals surface area contributed by atoms with Crippen LogP contribution >= 0.6 is 0 Å². The molecule has 2 atom stereocenters. The molecule has 0 saturated carbocycles. The van der Waals surface area contributed by atoms with Gasteiger partial charge in [0.2, 0.25) is 5.91 Å². The Balaban J connectivity index is 1.75. The molecular formula is C26H30N4O3. The molecule has 0 spiro atoms. The van der Waals surface area contributed by atoms with Gasteiger partial charge in [0.25, 0.3) is 11.8 Å². The van der Waals surface area contributed by atoms with Gasteiger partial charge in [-0.3, -0.25) is 19.8 Å². The van der Waals surface area contributed by atoms with Crippen LogP contribution in [0.25, 0.3) is 10.8 Å². The second kappa shape index (κ2) is 11.2. The molecule has 7 nitrogen and oxygen atoms in total. The normalized spacial score (nSPS) is 12.7. The molecule has 3 amide bonds. The molecule has 5 N–H and O–H groups in total. The second-order valence-corrected chi connectivity index (χ2v) is 8.48. The summed E-state index contributed by atoms with van der Waals surface area (Å²) in [6, 6.07) is 20.9. The molecule has 0 heterocycles. The summed E-state index contributed by atoms with van der Waals surface area (Å²) < 4.78 is 0. The van der Waals surface area contributed by atoms with Gasteiger partial charge in [-0.2, -0.15) is 0 Å². The standard InChI is InChI=1S/C26H30N4O3/c1-17(2)14-22(28-24(31)21-13-12-19-10-6-7-11-20(19)16-21)25(32)29-23(26(33)30-27)15-18-8-4-3-5-9-18/h3-13,16-17,22-23H,14-15,27H2,1-2H3,(H,28,31)(H,29,32)(H,30,33)/t22-,23-/m0/s1. The van der Waals surface area contributed by atoms with Gasteiger partial charge < -0.3 is 10.6 Å². The van der Waals surface area contributed by atoms with Crippen LogP contribution in [0.15, 0.2) is 72.8 Å². The number of hydrazine groups is 1. The van der Waals surface area contributed by atoms with Crippen LogP contribution in [0.1, 0.15) is 36.2 Å². The van der Waals surface area contributed by atoms with E-state index >= 15 is 0 Å². The molecule has 0 radical (unpaired) electrons. The molecule has 172 valence electrons. The largest absolute Gasteiger partial charge is 0.342 e. The fourth-order valence-corrected chi connectivity index (χ4v) is 3.71. The number of rotatable bonds is 9. The minimum atomic E-state index is -0.864. The van der Waals surface area contributed by atoms with E-state index in [0.717, 1.165) is 16.3 Å². The van der Waals surface area contributed by atoms with Crippen molar-refractivity contribution >= 4 is 28.5 Å². The Bertz CT molecular complexity index is 1110. The molecule has 3 rings (SSSR count). The third-order valence-corrected chi connectivity index (χ3v) is 5.40. The van der Waals surface area contributed by atoms with Gasteiger partial charge in [-0.25, -0.2) is 5.84 Å². The average molecular weight is 447 g/mol. The maximum Gasteiger partial charge on any atom is 0.256 e. The van der Waals surface area contributed by atoms with E-state index in [0.29, 0.717) is 12.0 Å². The number of amides is 3. The van der Waals surface area contributed by atoms with Gasteiger partial charge >= 0.3 is 0 Å². The minimum Gasteiger partial charge on any atom is -0.342 e. The lowest BCUT2D eigenvalue weighted by atomic mass is 10.0. The van der Waals surface area contributed by atoms with Crippen LogP contribution in [0.3, 0.4) is 0 Å². The number of benzene rings is 3. The van der Waals surface area contributed by atoms with E-state index in [1.807, 2.05) is 74.5 Å². The Morgan fingerprint density at radius 1 is 0.788 bits per heavy atom. The fraction of sp³-hybridized carbons (Fsp3) is 0.269. The lowest BCUT2D eigenvalue weighted by Crippen LogP contribution is -2.55. The second-order valence-electron chi connectivity index (χ2n) is 8.48. The summed E-state index contributed by atoms with van der Waals surface area (Å²) in [5, 5.41) is 7.58. The molecule has 3 aromatic rings. The van der Waals surface area contributed by atoms with E-state index in [4.69, 9.17) is 5.84 Å². The molecule has 0 aliphatic rings. The molecule has 0 unspecified atom stereocenters. The lowest BCUT2D eigenvalue weighted by Gasteiger charge is -2.24. The van der Waals surface area contributed by atoms with Crippen LogP contribution in [-0.4, -0.2) is 29.8 Å². The highest BCUT2D eigenvalue weighted by Gasteiger charge is 2.27. The van der Waals surface area contributed by atoms with Crippen molar-refractivity contribution in [3.05, 3.63) is 83.9 Å². The van der Waals surface area contributed by atoms with Crippen molar-refractivity contribution in [3.63, 3.8) is 0 Å². The first-order valence-corrected chi connectivity index (χ1v) is 11.0. The Labute approximate surface area is 193 Å². The van der Waals surface area contributed by atoms with Crippen LogP contribution < -0.4 is 21.9 Å². The molecule has 7 heteroatoms. The monoisotopic (exact) mass is 446 g/mol. The SMILES string of the molecule is CC(C)C[C@H](NC(=O)c1ccc2ccccc2c1)C(=O)N[C@@H](Cc1ccccc1)C(=O)NN. The molecule has 0 aromatic heterocycles. The van der Waals surface area contributed by atoms with Crippen LogP contribution in [-0.2, 0) is 16.0 Å². The van der Waals surface area contributed by atoms with Gasteiger partial charge in [-0.1, -0.05) is 74.5 Å². The number of nitrogens with two attached hydrogens (primary N) is 1. The highest BCUT2D eigenvalue weighted by molar-refractivity contribution is 6.01. The lowest BCUT2D eigenvalue weighted by molar-refractivity contribution is -0.130. The molecule has 0 aliphatic carbocycles. The molecule has 0 aliphatic heterocycles. The zero-order chi connectivity index (χ0) is 23.8. The number of hydrogen-bond acceptors (Lipinski definition) is 4. The highest BCUT2D eigenvalue weighted by atomic mass is 16.2. The summed E-state index contributed by atoms with van der Waals surface area (Å²) >= 11 is 0. The third-order valence-electron chi connectivity index (χ3n) is 5.40. The summed E-state index contributed by atoms with van der Waals surface area (Å²) in [5.74, 6) is 4.21. The molecule has 0 saturated heterocycles. The van der Waals surface area contributed by atoms with Gasteiger partial charge in [-0.15, -0.1) is 0 Å². The van der Waals surface area contributed by atoms with Crippen molar-refractivity contribution in [3.8, 4) is 0 Å². The van der Waals surface area contributed by atoms with Crippen molar-refractivity contribution in [2.24, 2.45) is 11.8 Å². The van der Waals surface area contributed by atoms with E-state index in [9.17, 15) is 14.4 Å². The zero-order valence-corrected chi connectivity index (χ0v) is 18.9.